The average Bonchev–Trinajstić information content (AvgIpc) is 3.53. The molecule has 2 aromatic heterocycles. The summed E-state index contributed by atoms with van der Waals surface area (Å²) in [7, 11) is 1.77. The van der Waals surface area contributed by atoms with Gasteiger partial charge in [0.25, 0.3) is 5.56 Å². The molecule has 1 aliphatic heterocycles. The quantitative estimate of drug-likeness (QED) is 0.489. The van der Waals surface area contributed by atoms with Gasteiger partial charge in [-0.2, -0.15) is 10.2 Å². The van der Waals surface area contributed by atoms with Crippen LogP contribution in [0.2, 0.25) is 0 Å². The zero-order valence-electron chi connectivity index (χ0n) is 18.6. The van der Waals surface area contributed by atoms with Crippen molar-refractivity contribution in [2.24, 2.45) is 12.8 Å². The molecule has 9 heteroatoms. The Kier molecular flexibility index (Phi) is 4.47. The second-order valence-electron chi connectivity index (χ2n) is 9.03. The van der Waals surface area contributed by atoms with Crippen molar-refractivity contribution >= 4 is 28.2 Å². The molecule has 1 spiro atoms. The number of anilines is 2. The molecule has 3 heterocycles. The first kappa shape index (κ1) is 20.7. The summed E-state index contributed by atoms with van der Waals surface area (Å²) in [6, 6.07) is 10.3. The van der Waals surface area contributed by atoms with Crippen LogP contribution in [0, 0.1) is 5.82 Å². The first-order valence-electron chi connectivity index (χ1n) is 11.3. The molecule has 4 aromatic rings. The molecule has 1 fully saturated rings. The second-order valence-corrected chi connectivity index (χ2v) is 9.03. The standard InChI is InChI=1S/C25H23FN6O2/c1-31-23(32-20-6-4-5-18(26)21(20)25(24(32)34)9-2-3-10-25)17(13-28-31)14-7-8-15-16(11-14)19(12-27)29-30-22(15)33/h4-8,11,13H,2-3,9-10,12,27H2,1H3,(H,30,33). The number of hydrogen-bond donors (Lipinski definition) is 2. The number of aromatic amines is 1. The number of halogens is 1. The van der Waals surface area contributed by atoms with Gasteiger partial charge in [-0.25, -0.2) is 9.49 Å². The summed E-state index contributed by atoms with van der Waals surface area (Å²) in [5.41, 5.74) is 7.80. The molecule has 1 amide bonds. The van der Waals surface area contributed by atoms with Crippen molar-refractivity contribution in [3.63, 3.8) is 0 Å². The van der Waals surface area contributed by atoms with Gasteiger partial charge in [-0.15, -0.1) is 0 Å². The van der Waals surface area contributed by atoms with E-state index in [0.29, 0.717) is 51.9 Å². The number of aryl methyl sites for hydroxylation is 1. The summed E-state index contributed by atoms with van der Waals surface area (Å²) < 4.78 is 16.8. The second kappa shape index (κ2) is 7.33. The number of nitrogens with one attached hydrogen (secondary N) is 1. The van der Waals surface area contributed by atoms with Gasteiger partial charge in [-0.1, -0.05) is 25.0 Å². The third-order valence-corrected chi connectivity index (χ3v) is 7.27. The van der Waals surface area contributed by atoms with Gasteiger partial charge in [-0.05, 0) is 42.7 Å². The maximum absolute atomic E-state index is 15.1. The highest BCUT2D eigenvalue weighted by Crippen LogP contribution is 2.55. The lowest BCUT2D eigenvalue weighted by Gasteiger charge is -2.24. The molecular weight excluding hydrogens is 435 g/mol. The van der Waals surface area contributed by atoms with Gasteiger partial charge in [0.2, 0.25) is 5.91 Å². The maximum Gasteiger partial charge on any atom is 0.272 e. The third kappa shape index (κ3) is 2.67. The zero-order valence-corrected chi connectivity index (χ0v) is 18.6. The van der Waals surface area contributed by atoms with E-state index in [0.717, 1.165) is 18.4 Å². The monoisotopic (exact) mass is 458 g/mol. The van der Waals surface area contributed by atoms with Crippen LogP contribution < -0.4 is 16.2 Å². The van der Waals surface area contributed by atoms with E-state index in [4.69, 9.17) is 5.73 Å². The molecule has 0 saturated heterocycles. The minimum Gasteiger partial charge on any atom is -0.325 e. The van der Waals surface area contributed by atoms with Crippen molar-refractivity contribution in [3.8, 4) is 11.1 Å². The summed E-state index contributed by atoms with van der Waals surface area (Å²) in [6.07, 6.45) is 4.73. The number of rotatable bonds is 3. The van der Waals surface area contributed by atoms with Crippen molar-refractivity contribution in [1.29, 1.82) is 0 Å². The number of fused-ring (bicyclic) bond motifs is 3. The Morgan fingerprint density at radius 1 is 1.15 bits per heavy atom. The first-order chi connectivity index (χ1) is 16.5. The van der Waals surface area contributed by atoms with E-state index in [1.54, 1.807) is 41.0 Å². The van der Waals surface area contributed by atoms with E-state index in [9.17, 15) is 9.59 Å². The molecule has 8 nitrogen and oxygen atoms in total. The molecule has 34 heavy (non-hydrogen) atoms. The number of nitrogens with zero attached hydrogens (tertiary/aromatic N) is 4. The van der Waals surface area contributed by atoms with Crippen LogP contribution in [0.15, 0.2) is 47.4 Å². The highest BCUT2D eigenvalue weighted by atomic mass is 19.1. The number of aromatic nitrogens is 4. The van der Waals surface area contributed by atoms with E-state index in [-0.39, 0.29) is 23.8 Å². The summed E-state index contributed by atoms with van der Waals surface area (Å²) in [4.78, 5) is 27.9. The fraction of sp³-hybridized carbons (Fsp3) is 0.280. The Balaban J connectivity index is 1.58. The molecule has 3 N–H and O–H groups in total. The van der Waals surface area contributed by atoms with Crippen molar-refractivity contribution in [2.75, 3.05) is 4.90 Å². The lowest BCUT2D eigenvalue weighted by molar-refractivity contribution is -0.122. The minimum absolute atomic E-state index is 0.114. The Morgan fingerprint density at radius 2 is 1.94 bits per heavy atom. The van der Waals surface area contributed by atoms with E-state index in [2.05, 4.69) is 15.3 Å². The number of H-pyrrole nitrogens is 1. The molecule has 0 unspecified atom stereocenters. The number of hydrogen-bond acceptors (Lipinski definition) is 5. The van der Waals surface area contributed by atoms with Gasteiger partial charge in [0.1, 0.15) is 11.6 Å². The average molecular weight is 458 g/mol. The van der Waals surface area contributed by atoms with Gasteiger partial charge in [0.05, 0.1) is 28.4 Å². The van der Waals surface area contributed by atoms with Crippen molar-refractivity contribution in [3.05, 3.63) is 70.0 Å². The Bertz CT molecular complexity index is 1530. The predicted molar refractivity (Wildman–Crippen MR) is 126 cm³/mol. The number of benzene rings is 2. The normalized spacial score (nSPS) is 16.7. The smallest absolute Gasteiger partial charge is 0.272 e. The van der Waals surface area contributed by atoms with Crippen LogP contribution in [-0.2, 0) is 23.8 Å². The number of carbonyl (C=O) groups is 1. The SMILES string of the molecule is Cn1ncc(-c2ccc3c(=O)[nH]nc(CN)c3c2)c1N1C(=O)C2(CCCC2)c2c(F)cccc21. The molecule has 172 valence electrons. The van der Waals surface area contributed by atoms with Crippen LogP contribution in [-0.4, -0.2) is 25.9 Å². The Hall–Kier alpha value is -3.85. The summed E-state index contributed by atoms with van der Waals surface area (Å²) in [5, 5.41) is 12.1. The first-order valence-corrected chi connectivity index (χ1v) is 11.3. The summed E-state index contributed by atoms with van der Waals surface area (Å²) >= 11 is 0. The van der Waals surface area contributed by atoms with Crippen molar-refractivity contribution < 1.29 is 9.18 Å². The van der Waals surface area contributed by atoms with Crippen LogP contribution in [0.3, 0.4) is 0 Å². The molecule has 1 aliphatic carbocycles. The topological polar surface area (TPSA) is 110 Å². The molecule has 1 saturated carbocycles. The lowest BCUT2D eigenvalue weighted by atomic mass is 9.80. The highest BCUT2D eigenvalue weighted by molar-refractivity contribution is 6.14. The van der Waals surface area contributed by atoms with E-state index < -0.39 is 5.41 Å². The van der Waals surface area contributed by atoms with Crippen LogP contribution in [0.1, 0.15) is 36.9 Å². The van der Waals surface area contributed by atoms with E-state index in [1.807, 2.05) is 12.1 Å². The zero-order chi connectivity index (χ0) is 23.6. The Labute approximate surface area is 194 Å². The molecule has 6 rings (SSSR count). The van der Waals surface area contributed by atoms with Crippen molar-refractivity contribution in [2.45, 2.75) is 37.6 Å². The molecule has 0 radical (unpaired) electrons. The summed E-state index contributed by atoms with van der Waals surface area (Å²) in [5.74, 6) is 0.103. The highest BCUT2D eigenvalue weighted by Gasteiger charge is 2.55. The van der Waals surface area contributed by atoms with Gasteiger partial charge < -0.3 is 5.73 Å². The third-order valence-electron chi connectivity index (χ3n) is 7.27. The molecule has 2 aliphatic rings. The van der Waals surface area contributed by atoms with Gasteiger partial charge in [0, 0.05) is 30.1 Å². The van der Waals surface area contributed by atoms with Gasteiger partial charge >= 0.3 is 0 Å². The maximum atomic E-state index is 15.1. The lowest BCUT2D eigenvalue weighted by Crippen LogP contribution is -2.37. The van der Waals surface area contributed by atoms with Crippen LogP contribution in [0.25, 0.3) is 21.9 Å². The van der Waals surface area contributed by atoms with Crippen LogP contribution >= 0.6 is 0 Å². The largest absolute Gasteiger partial charge is 0.325 e. The van der Waals surface area contributed by atoms with Crippen molar-refractivity contribution in [1.82, 2.24) is 20.0 Å². The fourth-order valence-electron chi connectivity index (χ4n) is 5.70. The van der Waals surface area contributed by atoms with Crippen LogP contribution in [0.4, 0.5) is 15.9 Å². The van der Waals surface area contributed by atoms with E-state index >= 15 is 4.39 Å². The van der Waals surface area contributed by atoms with Crippen LogP contribution in [0.5, 0.6) is 0 Å². The Morgan fingerprint density at radius 3 is 2.71 bits per heavy atom. The minimum atomic E-state index is -0.838. The number of amides is 1. The molecule has 0 bridgehead atoms. The van der Waals surface area contributed by atoms with Gasteiger partial charge in [-0.3, -0.25) is 19.2 Å². The fourth-order valence-corrected chi connectivity index (χ4v) is 5.70. The predicted octanol–water partition coefficient (Wildman–Crippen LogP) is 3.41. The van der Waals surface area contributed by atoms with Gasteiger partial charge in [0.15, 0.2) is 0 Å². The molecule has 0 atom stereocenters. The van der Waals surface area contributed by atoms with E-state index in [1.165, 1.54) is 6.07 Å². The number of carbonyl (C=O) groups excluding carboxylic acids is 1. The number of nitrogens with two attached hydrogens (primary N) is 1. The summed E-state index contributed by atoms with van der Waals surface area (Å²) in [6.45, 7) is 0.163. The molecular formula is C25H23FN6O2. The molecule has 2 aromatic carbocycles.